The molecule has 1 unspecified atom stereocenters. The van der Waals surface area contributed by atoms with Gasteiger partial charge >= 0.3 is 0 Å². The van der Waals surface area contributed by atoms with Gasteiger partial charge in [-0.25, -0.2) is 10.4 Å². The minimum absolute atomic E-state index is 0.0395. The summed E-state index contributed by atoms with van der Waals surface area (Å²) in [5, 5.41) is 6.21. The summed E-state index contributed by atoms with van der Waals surface area (Å²) in [4.78, 5) is 32.7. The Bertz CT molecular complexity index is 1210. The molecule has 0 saturated carbocycles. The predicted molar refractivity (Wildman–Crippen MR) is 123 cm³/mol. The van der Waals surface area contributed by atoms with Crippen LogP contribution in [-0.2, 0) is 11.1 Å². The number of carbonyl (C=O) groups is 2. The number of nitrogens with one attached hydrogen (secondary N) is 2. The maximum absolute atomic E-state index is 12.5. The summed E-state index contributed by atoms with van der Waals surface area (Å²) in [6.07, 6.45) is 4.21. The molecule has 0 bridgehead atoms. The van der Waals surface area contributed by atoms with Crippen molar-refractivity contribution in [1.29, 1.82) is 0 Å². The first-order chi connectivity index (χ1) is 16.4. The van der Waals surface area contributed by atoms with Crippen LogP contribution in [0.25, 0.3) is 11.3 Å². The van der Waals surface area contributed by atoms with Crippen molar-refractivity contribution in [3.05, 3.63) is 71.7 Å². The second-order valence-corrected chi connectivity index (χ2v) is 7.56. The van der Waals surface area contributed by atoms with Crippen molar-refractivity contribution >= 4 is 29.1 Å². The zero-order chi connectivity index (χ0) is 24.5. The van der Waals surface area contributed by atoms with Gasteiger partial charge in [-0.15, -0.1) is 0 Å². The van der Waals surface area contributed by atoms with Gasteiger partial charge in [0, 0.05) is 22.8 Å². The molecular formula is C22H20N5O6S-. The molecule has 0 spiro atoms. The largest absolute Gasteiger partial charge is 0.771 e. The number of nitrogens with zero attached hydrogens (tertiary/aromatic N) is 3. The number of rotatable bonds is 9. The maximum Gasteiger partial charge on any atom is 0.291 e. The van der Waals surface area contributed by atoms with Crippen LogP contribution in [0.4, 0.5) is 0 Å². The third-order valence-corrected chi connectivity index (χ3v) is 4.79. The number of ether oxygens (including phenoxy) is 2. The molecule has 0 aliphatic carbocycles. The van der Waals surface area contributed by atoms with Crippen molar-refractivity contribution in [1.82, 2.24) is 20.7 Å². The number of hydrazone groups is 1. The van der Waals surface area contributed by atoms with E-state index in [0.29, 0.717) is 28.3 Å². The Morgan fingerprint density at radius 1 is 1.06 bits per heavy atom. The van der Waals surface area contributed by atoms with Gasteiger partial charge in [0.25, 0.3) is 11.8 Å². The van der Waals surface area contributed by atoms with E-state index in [0.717, 1.165) is 0 Å². The molecule has 2 N–H and O–H groups in total. The SMILES string of the molecule is COc1cc(/C=N/NC(=O)c2cncc(-c3ccc(C(=O)NCS(=O)[O-])cc3)n2)cc(OC)c1. The molecule has 11 nitrogen and oxygen atoms in total. The lowest BCUT2D eigenvalue weighted by atomic mass is 10.1. The Morgan fingerprint density at radius 3 is 2.35 bits per heavy atom. The van der Waals surface area contributed by atoms with Crippen LogP contribution in [0.1, 0.15) is 26.4 Å². The second kappa shape index (κ2) is 11.6. The zero-order valence-corrected chi connectivity index (χ0v) is 19.0. The Balaban J connectivity index is 1.68. The number of hydrogen-bond donors (Lipinski definition) is 2. The van der Waals surface area contributed by atoms with Gasteiger partial charge in [-0.05, 0) is 35.3 Å². The van der Waals surface area contributed by atoms with Crippen LogP contribution >= 0.6 is 0 Å². The van der Waals surface area contributed by atoms with Gasteiger partial charge in [0.05, 0.1) is 44.4 Å². The van der Waals surface area contributed by atoms with Crippen LogP contribution in [0, 0.1) is 0 Å². The quantitative estimate of drug-likeness (QED) is 0.264. The van der Waals surface area contributed by atoms with Gasteiger partial charge in [-0.2, -0.15) is 5.10 Å². The lowest BCUT2D eigenvalue weighted by Crippen LogP contribution is -2.26. The van der Waals surface area contributed by atoms with Crippen LogP contribution in [-0.4, -0.2) is 56.9 Å². The van der Waals surface area contributed by atoms with Gasteiger partial charge in [0.1, 0.15) is 17.2 Å². The highest BCUT2D eigenvalue weighted by atomic mass is 32.2. The fourth-order valence-corrected chi connectivity index (χ4v) is 3.01. The van der Waals surface area contributed by atoms with E-state index in [1.54, 1.807) is 30.3 Å². The van der Waals surface area contributed by atoms with Crippen molar-refractivity contribution in [3.8, 4) is 22.8 Å². The average molecular weight is 482 g/mol. The molecule has 0 aliphatic rings. The summed E-state index contributed by atoms with van der Waals surface area (Å²) in [5.74, 6) is -0.412. The van der Waals surface area contributed by atoms with Gasteiger partial charge < -0.3 is 19.3 Å². The predicted octanol–water partition coefficient (Wildman–Crippen LogP) is 1.49. The van der Waals surface area contributed by atoms with Gasteiger partial charge in [-0.1, -0.05) is 12.1 Å². The van der Waals surface area contributed by atoms with Crippen molar-refractivity contribution < 1.29 is 27.8 Å². The molecule has 1 heterocycles. The first kappa shape index (κ1) is 24.5. The number of benzene rings is 2. The van der Waals surface area contributed by atoms with Crippen LogP contribution in [0.2, 0.25) is 0 Å². The maximum atomic E-state index is 12.5. The normalized spacial score (nSPS) is 11.6. The van der Waals surface area contributed by atoms with E-state index in [1.807, 2.05) is 0 Å². The van der Waals surface area contributed by atoms with Crippen LogP contribution in [0.3, 0.4) is 0 Å². The highest BCUT2D eigenvalue weighted by molar-refractivity contribution is 7.79. The van der Waals surface area contributed by atoms with Gasteiger partial charge in [-0.3, -0.25) is 18.8 Å². The molecule has 2 aromatic carbocycles. The molecule has 0 aliphatic heterocycles. The molecule has 0 saturated heterocycles. The molecule has 12 heteroatoms. The molecule has 176 valence electrons. The number of hydrogen-bond acceptors (Lipinski definition) is 9. The standard InChI is InChI=1S/C22H21N5O6S/c1-32-17-7-14(8-18(9-17)33-2)10-25-27-22(29)20-12-23-11-19(26-20)15-3-5-16(6-4-15)21(28)24-13-34(30)31/h3-12H,13H2,1-2H3,(H,24,28)(H,27,29)(H,30,31)/p-1/b25-10+. The lowest BCUT2D eigenvalue weighted by molar-refractivity contribution is 0.0945. The van der Waals surface area contributed by atoms with E-state index < -0.39 is 28.8 Å². The fourth-order valence-electron chi connectivity index (χ4n) is 2.76. The first-order valence-electron chi connectivity index (χ1n) is 9.72. The monoisotopic (exact) mass is 482 g/mol. The summed E-state index contributed by atoms with van der Waals surface area (Å²) in [6, 6.07) is 11.4. The molecule has 2 amide bonds. The molecule has 0 fully saturated rings. The van der Waals surface area contributed by atoms with E-state index in [9.17, 15) is 18.4 Å². The average Bonchev–Trinajstić information content (AvgIpc) is 2.87. The fraction of sp³-hybridized carbons (Fsp3) is 0.136. The molecular weight excluding hydrogens is 462 g/mol. The smallest absolute Gasteiger partial charge is 0.291 e. The topological polar surface area (TPSA) is 155 Å². The summed E-state index contributed by atoms with van der Waals surface area (Å²) >= 11 is -2.38. The highest BCUT2D eigenvalue weighted by Gasteiger charge is 2.11. The molecule has 3 aromatic rings. The van der Waals surface area contributed by atoms with Crippen molar-refractivity contribution in [3.63, 3.8) is 0 Å². The lowest BCUT2D eigenvalue weighted by Gasteiger charge is -2.08. The van der Waals surface area contributed by atoms with Crippen LogP contribution in [0.15, 0.2) is 60.0 Å². The van der Waals surface area contributed by atoms with E-state index in [-0.39, 0.29) is 11.3 Å². The van der Waals surface area contributed by atoms with Gasteiger partial charge in [0.15, 0.2) is 0 Å². The first-order valence-corrected chi connectivity index (χ1v) is 11.0. The van der Waals surface area contributed by atoms with Crippen molar-refractivity contribution in [2.75, 3.05) is 20.1 Å². The van der Waals surface area contributed by atoms with Crippen molar-refractivity contribution in [2.45, 2.75) is 0 Å². The summed E-state index contributed by atoms with van der Waals surface area (Å²) in [6.45, 7) is 0. The van der Waals surface area contributed by atoms with E-state index in [2.05, 4.69) is 25.8 Å². The Labute approximate surface area is 197 Å². The van der Waals surface area contributed by atoms with Gasteiger partial charge in [0.2, 0.25) is 0 Å². The van der Waals surface area contributed by atoms with Crippen molar-refractivity contribution in [2.24, 2.45) is 5.10 Å². The third-order valence-electron chi connectivity index (χ3n) is 4.41. The number of methoxy groups -OCH3 is 2. The molecule has 1 atom stereocenters. The summed E-state index contributed by atoms with van der Waals surface area (Å²) in [5.41, 5.74) is 4.38. The molecule has 0 radical (unpaired) electrons. The molecule has 1 aromatic heterocycles. The number of carbonyl (C=O) groups excluding carboxylic acids is 2. The van der Waals surface area contributed by atoms with E-state index >= 15 is 0 Å². The number of aromatic nitrogens is 2. The Morgan fingerprint density at radius 2 is 1.74 bits per heavy atom. The van der Waals surface area contributed by atoms with E-state index in [1.165, 1.54) is 45.0 Å². The Kier molecular flexibility index (Phi) is 8.37. The zero-order valence-electron chi connectivity index (χ0n) is 18.2. The molecule has 34 heavy (non-hydrogen) atoms. The highest BCUT2D eigenvalue weighted by Crippen LogP contribution is 2.21. The van der Waals surface area contributed by atoms with Crippen LogP contribution < -0.4 is 20.2 Å². The van der Waals surface area contributed by atoms with Crippen LogP contribution in [0.5, 0.6) is 11.5 Å². The minimum Gasteiger partial charge on any atom is -0.771 e. The molecule has 3 rings (SSSR count). The number of amides is 2. The second-order valence-electron chi connectivity index (χ2n) is 6.67. The minimum atomic E-state index is -2.38. The Hall–Kier alpha value is -4.16. The van der Waals surface area contributed by atoms with E-state index in [4.69, 9.17) is 9.47 Å². The third kappa shape index (κ3) is 6.67. The summed E-state index contributed by atoms with van der Waals surface area (Å²) in [7, 11) is 3.06. The summed E-state index contributed by atoms with van der Waals surface area (Å²) < 4.78 is 31.5.